The Balaban J connectivity index is 1.60. The Labute approximate surface area is 150 Å². The zero-order chi connectivity index (χ0) is 18.0. The van der Waals surface area contributed by atoms with Gasteiger partial charge in [0, 0.05) is 11.1 Å². The van der Waals surface area contributed by atoms with Crippen LogP contribution >= 0.6 is 23.1 Å². The van der Waals surface area contributed by atoms with E-state index in [1.165, 1.54) is 17.4 Å². The Kier molecular flexibility index (Phi) is 5.01. The van der Waals surface area contributed by atoms with Crippen LogP contribution in [0.25, 0.3) is 0 Å². The molecule has 0 aromatic carbocycles. The van der Waals surface area contributed by atoms with E-state index >= 15 is 0 Å². The molecule has 0 atom stereocenters. The van der Waals surface area contributed by atoms with Gasteiger partial charge in [-0.3, -0.25) is 4.79 Å². The number of nitrogens with one attached hydrogen (secondary N) is 1. The molecule has 4 nitrogen and oxygen atoms in total. The largest absolute Gasteiger partial charge is 0.417 e. The molecule has 0 spiro atoms. The molecule has 3 rings (SSSR count). The highest BCUT2D eigenvalue weighted by Gasteiger charge is 2.30. The van der Waals surface area contributed by atoms with Crippen molar-refractivity contribution in [1.29, 1.82) is 5.26 Å². The highest BCUT2D eigenvalue weighted by molar-refractivity contribution is 7.99. The second-order valence-electron chi connectivity index (χ2n) is 5.39. The number of halogens is 3. The molecule has 25 heavy (non-hydrogen) atoms. The molecule has 130 valence electrons. The number of nitriles is 1. The SMILES string of the molecule is N#Cc1c(NC(=O)CSc2ccc(C(F)(F)F)cn2)sc2c1CCC2. The van der Waals surface area contributed by atoms with Crippen LogP contribution in [0.15, 0.2) is 23.4 Å². The standard InChI is InChI=1S/C16H12F3N3OS2/c17-16(18,19)9-4-5-14(21-7-9)24-8-13(23)22-15-11(6-20)10-2-1-3-12(10)25-15/h4-5,7H,1-3,8H2,(H,22,23). The molecular weight excluding hydrogens is 371 g/mol. The summed E-state index contributed by atoms with van der Waals surface area (Å²) in [6.45, 7) is 0. The third kappa shape index (κ3) is 3.96. The van der Waals surface area contributed by atoms with Crippen molar-refractivity contribution in [2.75, 3.05) is 11.1 Å². The van der Waals surface area contributed by atoms with Gasteiger partial charge in [-0.15, -0.1) is 11.3 Å². The lowest BCUT2D eigenvalue weighted by Crippen LogP contribution is -2.14. The van der Waals surface area contributed by atoms with E-state index in [9.17, 15) is 23.2 Å². The first kappa shape index (κ1) is 17.8. The molecule has 9 heteroatoms. The van der Waals surface area contributed by atoms with Crippen molar-refractivity contribution in [2.24, 2.45) is 0 Å². The maximum atomic E-state index is 12.5. The summed E-state index contributed by atoms with van der Waals surface area (Å²) in [5.41, 5.74) is 0.733. The number of anilines is 1. The van der Waals surface area contributed by atoms with Crippen LogP contribution in [-0.4, -0.2) is 16.6 Å². The molecule has 0 aliphatic heterocycles. The first-order chi connectivity index (χ1) is 11.9. The van der Waals surface area contributed by atoms with E-state index in [1.807, 2.05) is 0 Å². The lowest BCUT2D eigenvalue weighted by Gasteiger charge is -2.07. The number of hydrogen-bond acceptors (Lipinski definition) is 5. The summed E-state index contributed by atoms with van der Waals surface area (Å²) in [5.74, 6) is -0.311. The number of hydrogen-bond donors (Lipinski definition) is 1. The van der Waals surface area contributed by atoms with Gasteiger partial charge >= 0.3 is 6.18 Å². The molecule has 0 bridgehead atoms. The van der Waals surface area contributed by atoms with Crippen LogP contribution < -0.4 is 5.32 Å². The number of thiophene rings is 1. The first-order valence-corrected chi connectivity index (χ1v) is 9.19. The Morgan fingerprint density at radius 1 is 1.40 bits per heavy atom. The Hall–Kier alpha value is -2.05. The van der Waals surface area contributed by atoms with Crippen LogP contribution in [0.5, 0.6) is 0 Å². The fourth-order valence-electron chi connectivity index (χ4n) is 2.55. The van der Waals surface area contributed by atoms with Crippen molar-refractivity contribution in [3.05, 3.63) is 39.9 Å². The number of rotatable bonds is 4. The molecule has 0 saturated carbocycles. The van der Waals surface area contributed by atoms with E-state index in [2.05, 4.69) is 16.4 Å². The molecule has 0 unspecified atom stereocenters. The van der Waals surface area contributed by atoms with Gasteiger partial charge < -0.3 is 5.32 Å². The number of thioether (sulfide) groups is 1. The van der Waals surface area contributed by atoms with E-state index in [-0.39, 0.29) is 11.7 Å². The van der Waals surface area contributed by atoms with Gasteiger partial charge in [0.1, 0.15) is 11.1 Å². The molecule has 2 heterocycles. The maximum absolute atomic E-state index is 12.5. The van der Waals surface area contributed by atoms with Crippen molar-refractivity contribution < 1.29 is 18.0 Å². The van der Waals surface area contributed by atoms with Gasteiger partial charge in [-0.2, -0.15) is 18.4 Å². The smallest absolute Gasteiger partial charge is 0.316 e. The molecular formula is C16H12F3N3OS2. The van der Waals surface area contributed by atoms with Gasteiger partial charge in [0.25, 0.3) is 0 Å². The zero-order valence-corrected chi connectivity index (χ0v) is 14.4. The highest BCUT2D eigenvalue weighted by atomic mass is 32.2. The summed E-state index contributed by atoms with van der Waals surface area (Å²) in [5, 5.41) is 12.9. The second kappa shape index (κ2) is 7.06. The number of fused-ring (bicyclic) bond motifs is 1. The number of pyridine rings is 1. The van der Waals surface area contributed by atoms with E-state index in [0.29, 0.717) is 15.6 Å². The van der Waals surface area contributed by atoms with Gasteiger partial charge in [-0.1, -0.05) is 11.8 Å². The molecule has 1 N–H and O–H groups in total. The minimum atomic E-state index is -4.43. The average Bonchev–Trinajstić information content (AvgIpc) is 3.13. The molecule has 1 amide bonds. The number of aromatic nitrogens is 1. The summed E-state index contributed by atoms with van der Waals surface area (Å²) >= 11 is 2.47. The van der Waals surface area contributed by atoms with E-state index < -0.39 is 11.7 Å². The number of carbonyl (C=O) groups excluding carboxylic acids is 1. The van der Waals surface area contributed by atoms with Crippen molar-refractivity contribution in [1.82, 2.24) is 4.98 Å². The second-order valence-corrected chi connectivity index (χ2v) is 7.49. The lowest BCUT2D eigenvalue weighted by atomic mass is 10.1. The highest BCUT2D eigenvalue weighted by Crippen LogP contribution is 2.38. The summed E-state index contributed by atoms with van der Waals surface area (Å²) in [4.78, 5) is 16.9. The summed E-state index contributed by atoms with van der Waals surface area (Å²) in [7, 11) is 0. The number of carbonyl (C=O) groups is 1. The van der Waals surface area contributed by atoms with Gasteiger partial charge in [0.05, 0.1) is 21.9 Å². The molecule has 1 aliphatic carbocycles. The summed E-state index contributed by atoms with van der Waals surface area (Å²) in [6.07, 6.45) is -0.873. The summed E-state index contributed by atoms with van der Waals surface area (Å²) in [6, 6.07) is 4.32. The number of nitrogens with zero attached hydrogens (tertiary/aromatic N) is 2. The van der Waals surface area contributed by atoms with Crippen LogP contribution in [0.4, 0.5) is 18.2 Å². The third-order valence-corrected chi connectivity index (χ3v) is 5.85. The van der Waals surface area contributed by atoms with Crippen molar-refractivity contribution in [2.45, 2.75) is 30.5 Å². The Bertz CT molecular complexity index is 838. The molecule has 0 radical (unpaired) electrons. The topological polar surface area (TPSA) is 65.8 Å². The van der Waals surface area contributed by atoms with E-state index in [4.69, 9.17) is 0 Å². The average molecular weight is 383 g/mol. The maximum Gasteiger partial charge on any atom is 0.417 e. The van der Waals surface area contributed by atoms with Crippen LogP contribution in [0.2, 0.25) is 0 Å². The quantitative estimate of drug-likeness (QED) is 0.802. The predicted molar refractivity (Wildman–Crippen MR) is 89.7 cm³/mol. The van der Waals surface area contributed by atoms with Crippen LogP contribution in [-0.2, 0) is 23.8 Å². The Morgan fingerprint density at radius 3 is 2.84 bits per heavy atom. The number of aryl methyl sites for hydroxylation is 1. The molecule has 2 aromatic heterocycles. The van der Waals surface area contributed by atoms with Gasteiger partial charge in [0.2, 0.25) is 5.91 Å². The first-order valence-electron chi connectivity index (χ1n) is 7.39. The van der Waals surface area contributed by atoms with Crippen LogP contribution in [0.1, 0.15) is 28.0 Å². The normalized spacial score (nSPS) is 13.4. The molecule has 2 aromatic rings. The molecule has 0 fully saturated rings. The fourth-order valence-corrected chi connectivity index (χ4v) is 4.44. The lowest BCUT2D eigenvalue weighted by molar-refractivity contribution is -0.137. The third-order valence-electron chi connectivity index (χ3n) is 3.70. The van der Waals surface area contributed by atoms with E-state index in [0.717, 1.165) is 53.7 Å². The number of alkyl halides is 3. The van der Waals surface area contributed by atoms with Gasteiger partial charge in [-0.25, -0.2) is 4.98 Å². The summed E-state index contributed by atoms with van der Waals surface area (Å²) < 4.78 is 37.4. The monoisotopic (exact) mass is 383 g/mol. The predicted octanol–water partition coefficient (Wildman–Crippen LogP) is 4.25. The number of amides is 1. The molecule has 1 aliphatic rings. The zero-order valence-electron chi connectivity index (χ0n) is 12.8. The van der Waals surface area contributed by atoms with Gasteiger partial charge in [-0.05, 0) is 37.0 Å². The van der Waals surface area contributed by atoms with Crippen molar-refractivity contribution >= 4 is 34.0 Å². The van der Waals surface area contributed by atoms with Gasteiger partial charge in [0.15, 0.2) is 0 Å². The van der Waals surface area contributed by atoms with Crippen molar-refractivity contribution in [3.8, 4) is 6.07 Å². The minimum Gasteiger partial charge on any atom is -0.316 e. The Morgan fingerprint density at radius 2 is 2.20 bits per heavy atom. The molecule has 0 saturated heterocycles. The van der Waals surface area contributed by atoms with Crippen LogP contribution in [0.3, 0.4) is 0 Å². The fraction of sp³-hybridized carbons (Fsp3) is 0.312. The van der Waals surface area contributed by atoms with Crippen LogP contribution in [0, 0.1) is 11.3 Å². The van der Waals surface area contributed by atoms with Crippen molar-refractivity contribution in [3.63, 3.8) is 0 Å². The van der Waals surface area contributed by atoms with E-state index in [1.54, 1.807) is 0 Å². The minimum absolute atomic E-state index is 0.00575.